The van der Waals surface area contributed by atoms with Crippen molar-refractivity contribution >= 4 is 11.8 Å². The van der Waals surface area contributed by atoms with Crippen LogP contribution in [0, 0.1) is 11.3 Å². The van der Waals surface area contributed by atoms with E-state index in [0.717, 1.165) is 0 Å². The van der Waals surface area contributed by atoms with Crippen molar-refractivity contribution in [2.75, 3.05) is 19.6 Å². The highest BCUT2D eigenvalue weighted by molar-refractivity contribution is 5.94. The first kappa shape index (κ1) is 17.3. The molecule has 0 saturated carbocycles. The second-order valence-electron chi connectivity index (χ2n) is 6.42. The Labute approximate surface area is 143 Å². The van der Waals surface area contributed by atoms with E-state index in [1.807, 2.05) is 6.07 Å². The average Bonchev–Trinajstić information content (AvgIpc) is 3.20. The van der Waals surface area contributed by atoms with E-state index in [9.17, 15) is 18.4 Å². The molecule has 2 heterocycles. The Hall–Kier alpha value is -2.53. The maximum absolute atomic E-state index is 13.2. The van der Waals surface area contributed by atoms with Gasteiger partial charge in [-0.05, 0) is 30.7 Å². The summed E-state index contributed by atoms with van der Waals surface area (Å²) in [5, 5.41) is 14.6. The number of amides is 2. The Morgan fingerprint density at radius 1 is 1.32 bits per heavy atom. The third-order valence-electron chi connectivity index (χ3n) is 4.52. The third kappa shape index (κ3) is 3.94. The summed E-state index contributed by atoms with van der Waals surface area (Å²) in [6, 6.07) is 7.41. The molecule has 0 spiro atoms. The Kier molecular flexibility index (Phi) is 4.68. The topological polar surface area (TPSA) is 85.2 Å². The van der Waals surface area contributed by atoms with E-state index in [1.54, 1.807) is 24.3 Å². The molecule has 2 fully saturated rings. The van der Waals surface area contributed by atoms with Crippen LogP contribution in [0.15, 0.2) is 24.3 Å². The second kappa shape index (κ2) is 6.76. The van der Waals surface area contributed by atoms with Crippen molar-refractivity contribution < 1.29 is 18.4 Å². The Bertz CT molecular complexity index is 714. The van der Waals surface area contributed by atoms with Gasteiger partial charge in [-0.2, -0.15) is 5.26 Å². The van der Waals surface area contributed by atoms with Crippen molar-refractivity contribution in [1.82, 2.24) is 15.5 Å². The van der Waals surface area contributed by atoms with Crippen LogP contribution in [0.25, 0.3) is 0 Å². The summed E-state index contributed by atoms with van der Waals surface area (Å²) >= 11 is 0. The van der Waals surface area contributed by atoms with E-state index < -0.39 is 18.5 Å². The van der Waals surface area contributed by atoms with Gasteiger partial charge in [-0.1, -0.05) is 0 Å². The van der Waals surface area contributed by atoms with Crippen molar-refractivity contribution in [3.63, 3.8) is 0 Å². The number of halogens is 2. The molecule has 8 heteroatoms. The first-order valence-electron chi connectivity index (χ1n) is 8.09. The van der Waals surface area contributed by atoms with Gasteiger partial charge in [0.25, 0.3) is 11.8 Å². The van der Waals surface area contributed by atoms with Crippen LogP contribution in [0.3, 0.4) is 0 Å². The zero-order valence-electron chi connectivity index (χ0n) is 13.5. The first-order chi connectivity index (χ1) is 11.9. The molecule has 2 aliphatic rings. The molecule has 0 aromatic heterocycles. The predicted molar refractivity (Wildman–Crippen MR) is 85.0 cm³/mol. The molecule has 1 aromatic carbocycles. The van der Waals surface area contributed by atoms with Gasteiger partial charge in [0.05, 0.1) is 24.2 Å². The summed E-state index contributed by atoms with van der Waals surface area (Å²) in [7, 11) is 0. The highest BCUT2D eigenvalue weighted by atomic mass is 19.3. The quantitative estimate of drug-likeness (QED) is 0.849. The molecule has 2 amide bonds. The maximum atomic E-state index is 13.2. The molecule has 0 radical (unpaired) electrons. The number of carbonyl (C=O) groups is 2. The summed E-state index contributed by atoms with van der Waals surface area (Å²) in [6.45, 7) is -0.0682. The number of likely N-dealkylation sites (tertiary alicyclic amines) is 1. The minimum atomic E-state index is -2.81. The van der Waals surface area contributed by atoms with Crippen molar-refractivity contribution in [3.8, 4) is 6.07 Å². The lowest BCUT2D eigenvalue weighted by atomic mass is 10.1. The van der Waals surface area contributed by atoms with Crippen molar-refractivity contribution in [3.05, 3.63) is 35.4 Å². The SMILES string of the molecule is N#Cc1ccc(C(=O)N[C@@H]2CN[C@H](C(=O)N3CCC(F)(F)C3)C2)cc1. The smallest absolute Gasteiger partial charge is 0.267 e. The van der Waals surface area contributed by atoms with E-state index in [-0.39, 0.29) is 30.8 Å². The normalized spacial score (nSPS) is 24.8. The minimum absolute atomic E-state index is 0.0618. The minimum Gasteiger partial charge on any atom is -0.348 e. The van der Waals surface area contributed by atoms with Crippen LogP contribution in [0.1, 0.15) is 28.8 Å². The van der Waals surface area contributed by atoms with E-state index in [4.69, 9.17) is 5.26 Å². The molecule has 25 heavy (non-hydrogen) atoms. The van der Waals surface area contributed by atoms with Gasteiger partial charge in [0, 0.05) is 31.1 Å². The number of alkyl halides is 2. The van der Waals surface area contributed by atoms with Gasteiger partial charge in [0.1, 0.15) is 0 Å². The average molecular weight is 348 g/mol. The lowest BCUT2D eigenvalue weighted by molar-refractivity contribution is -0.133. The van der Waals surface area contributed by atoms with Crippen molar-refractivity contribution in [1.29, 1.82) is 5.26 Å². The van der Waals surface area contributed by atoms with Crippen LogP contribution in [-0.4, -0.2) is 54.4 Å². The second-order valence-corrected chi connectivity index (χ2v) is 6.42. The van der Waals surface area contributed by atoms with Crippen molar-refractivity contribution in [2.24, 2.45) is 0 Å². The lowest BCUT2D eigenvalue weighted by Crippen LogP contribution is -2.43. The summed E-state index contributed by atoms with van der Waals surface area (Å²) in [5.74, 6) is -3.44. The number of rotatable bonds is 3. The van der Waals surface area contributed by atoms with Gasteiger partial charge in [0.15, 0.2) is 0 Å². The number of nitriles is 1. The molecule has 2 saturated heterocycles. The Balaban J connectivity index is 1.53. The van der Waals surface area contributed by atoms with Crippen LogP contribution in [0.5, 0.6) is 0 Å². The lowest BCUT2D eigenvalue weighted by Gasteiger charge is -2.20. The molecule has 2 atom stereocenters. The predicted octanol–water partition coefficient (Wildman–Crippen LogP) is 0.886. The van der Waals surface area contributed by atoms with Crippen LogP contribution in [-0.2, 0) is 4.79 Å². The zero-order valence-corrected chi connectivity index (χ0v) is 13.5. The number of hydrogen-bond acceptors (Lipinski definition) is 4. The molecule has 132 valence electrons. The Morgan fingerprint density at radius 2 is 2.04 bits per heavy atom. The number of benzene rings is 1. The molecule has 0 unspecified atom stereocenters. The summed E-state index contributed by atoms with van der Waals surface area (Å²) in [4.78, 5) is 25.7. The summed E-state index contributed by atoms with van der Waals surface area (Å²) in [6.07, 6.45) is 0.0627. The van der Waals surface area contributed by atoms with Gasteiger partial charge in [-0.3, -0.25) is 9.59 Å². The summed E-state index contributed by atoms with van der Waals surface area (Å²) < 4.78 is 26.5. The zero-order chi connectivity index (χ0) is 18.0. The number of nitrogens with zero attached hydrogens (tertiary/aromatic N) is 2. The standard InChI is InChI=1S/C17H18F2N4O2/c18-17(19)5-6-23(10-17)16(25)14-7-13(9-21-14)22-15(24)12-3-1-11(8-20)2-4-12/h1-4,13-14,21H,5-7,9-10H2,(H,22,24)/t13-,14-/m0/s1. The number of carbonyl (C=O) groups excluding carboxylic acids is 2. The Morgan fingerprint density at radius 3 is 2.64 bits per heavy atom. The fourth-order valence-corrected chi connectivity index (χ4v) is 3.14. The third-order valence-corrected chi connectivity index (χ3v) is 4.52. The molecule has 2 aliphatic heterocycles. The number of nitrogens with one attached hydrogen (secondary N) is 2. The van der Waals surface area contributed by atoms with Gasteiger partial charge in [-0.15, -0.1) is 0 Å². The molecular weight excluding hydrogens is 330 g/mol. The first-order valence-corrected chi connectivity index (χ1v) is 8.09. The summed E-state index contributed by atoms with van der Waals surface area (Å²) in [5.41, 5.74) is 0.889. The van der Waals surface area contributed by atoms with Gasteiger partial charge >= 0.3 is 0 Å². The highest BCUT2D eigenvalue weighted by Gasteiger charge is 2.43. The van der Waals surface area contributed by atoms with Gasteiger partial charge in [0.2, 0.25) is 5.91 Å². The maximum Gasteiger partial charge on any atom is 0.267 e. The van der Waals surface area contributed by atoms with E-state index in [2.05, 4.69) is 10.6 Å². The number of hydrogen-bond donors (Lipinski definition) is 2. The highest BCUT2D eigenvalue weighted by Crippen LogP contribution is 2.27. The van der Waals surface area contributed by atoms with E-state index in [1.165, 1.54) is 4.90 Å². The molecule has 1 aromatic rings. The molecule has 0 bridgehead atoms. The largest absolute Gasteiger partial charge is 0.348 e. The van der Waals surface area contributed by atoms with Crippen LogP contribution in [0.4, 0.5) is 8.78 Å². The monoisotopic (exact) mass is 348 g/mol. The molecule has 3 rings (SSSR count). The van der Waals surface area contributed by atoms with Crippen LogP contribution < -0.4 is 10.6 Å². The van der Waals surface area contributed by atoms with Crippen LogP contribution in [0.2, 0.25) is 0 Å². The molecular formula is C17H18F2N4O2. The van der Waals surface area contributed by atoms with Crippen molar-refractivity contribution in [2.45, 2.75) is 30.8 Å². The molecule has 2 N–H and O–H groups in total. The van der Waals surface area contributed by atoms with Crippen LogP contribution >= 0.6 is 0 Å². The molecule has 6 nitrogen and oxygen atoms in total. The van der Waals surface area contributed by atoms with E-state index >= 15 is 0 Å². The fourth-order valence-electron chi connectivity index (χ4n) is 3.14. The van der Waals surface area contributed by atoms with Gasteiger partial charge < -0.3 is 15.5 Å². The van der Waals surface area contributed by atoms with Gasteiger partial charge in [-0.25, -0.2) is 8.78 Å². The van der Waals surface area contributed by atoms with E-state index in [0.29, 0.717) is 24.1 Å². The fraction of sp³-hybridized carbons (Fsp3) is 0.471. The molecule has 0 aliphatic carbocycles.